The molecule has 1 N–H and O–H groups in total. The molecule has 0 unspecified atom stereocenters. The van der Waals surface area contributed by atoms with Crippen LogP contribution in [0.25, 0.3) is 44.1 Å². The lowest BCUT2D eigenvalue weighted by Gasteiger charge is -2.00. The summed E-state index contributed by atoms with van der Waals surface area (Å²) in [6.07, 6.45) is 14.4. The van der Waals surface area contributed by atoms with Crippen molar-refractivity contribution in [2.24, 2.45) is 0 Å². The van der Waals surface area contributed by atoms with Crippen molar-refractivity contribution < 1.29 is 0 Å². The number of hydrogen-bond donors (Lipinski definition) is 1. The summed E-state index contributed by atoms with van der Waals surface area (Å²) in [4.78, 5) is 19.0. The average Bonchev–Trinajstić information content (AvgIpc) is 3.91. The van der Waals surface area contributed by atoms with Gasteiger partial charge in [-0.05, 0) is 102 Å². The first kappa shape index (κ1) is 55.5. The second-order valence-corrected chi connectivity index (χ2v) is 12.6. The van der Waals surface area contributed by atoms with Gasteiger partial charge in [-0.15, -0.1) is 0 Å². The first-order chi connectivity index (χ1) is 32.2. The van der Waals surface area contributed by atoms with E-state index >= 15 is 0 Å². The Morgan fingerprint density at radius 1 is 0.292 bits per heavy atom. The summed E-state index contributed by atoms with van der Waals surface area (Å²) < 4.78 is 0. The molecule has 5 aromatic heterocycles. The van der Waals surface area contributed by atoms with Crippen molar-refractivity contribution in [3.63, 3.8) is 0 Å². The van der Waals surface area contributed by atoms with Gasteiger partial charge in [0.05, 0.1) is 5.52 Å². The predicted octanol–water partition coefficient (Wildman–Crippen LogP) is 17.4. The Hall–Kier alpha value is -7.50. The SMILES string of the molecule is CC.CC.CC.CC.Cc1ccc(-c2ccccc2)cc1.Cc1ccccc1.c1cc(-c2ccncc2)ccn1.c1ccc2[nH]ccc2c1.c1ccc2ncccc2c1.c1ccncc1. The molecule has 336 valence electrons. The molecular weight excluding hydrogens is 791 g/mol. The van der Waals surface area contributed by atoms with E-state index in [1.165, 1.54) is 49.7 Å². The Balaban J connectivity index is 0.000000383. The van der Waals surface area contributed by atoms with E-state index in [0.717, 1.165) is 5.52 Å². The number of fused-ring (bicyclic) bond motifs is 2. The lowest BCUT2D eigenvalue weighted by Crippen LogP contribution is -1.77. The first-order valence-electron chi connectivity index (χ1n) is 22.8. The number of aromatic amines is 1. The molecule has 10 aromatic rings. The molecule has 0 radical (unpaired) electrons. The lowest BCUT2D eigenvalue weighted by atomic mass is 10.0. The maximum Gasteiger partial charge on any atom is 0.0701 e. The van der Waals surface area contributed by atoms with Crippen LogP contribution in [0.5, 0.6) is 0 Å². The van der Waals surface area contributed by atoms with Crippen molar-refractivity contribution in [1.82, 2.24) is 24.9 Å². The molecule has 5 heterocycles. The van der Waals surface area contributed by atoms with Crippen LogP contribution in [0.3, 0.4) is 0 Å². The molecule has 0 saturated heterocycles. The minimum Gasteiger partial charge on any atom is -0.361 e. The monoisotopic (exact) mass is 862 g/mol. The molecular formula is C60H71N5. The number of hydrogen-bond acceptors (Lipinski definition) is 4. The van der Waals surface area contributed by atoms with Gasteiger partial charge in [0.25, 0.3) is 0 Å². The second-order valence-electron chi connectivity index (χ2n) is 12.6. The van der Waals surface area contributed by atoms with Crippen LogP contribution in [0.4, 0.5) is 0 Å². The standard InChI is InChI=1S/C13H12.C10H8N2.C9H7N.C8H7N.C7H8.C5H5N.4C2H6/c1-11-7-9-13(10-8-11)12-5-3-2-4-6-12;1-5-11-6-2-9(1)10-3-7-12-8-4-10;1-2-6-9-8(4-1)5-3-7-10-9;1-2-4-8-7(3-1)5-6-9-8;1-7-5-3-2-4-6-7;1-2-4-6-5-3-1;4*1-2/h2-10H,1H3;1-8H;1-7H;1-6,9H;2-6H,1H3;1-5H;4*1-2H3. The van der Waals surface area contributed by atoms with E-state index in [4.69, 9.17) is 0 Å². The molecule has 65 heavy (non-hydrogen) atoms. The van der Waals surface area contributed by atoms with Gasteiger partial charge in [0.2, 0.25) is 0 Å². The number of para-hydroxylation sites is 2. The van der Waals surface area contributed by atoms with Crippen LogP contribution in [0.2, 0.25) is 0 Å². The highest BCUT2D eigenvalue weighted by atomic mass is 14.7. The summed E-state index contributed by atoms with van der Waals surface area (Å²) in [5.41, 5.74) is 9.80. The molecule has 0 aliphatic carbocycles. The normalized spacial score (nSPS) is 8.77. The van der Waals surface area contributed by atoms with E-state index in [1.807, 2.05) is 171 Å². The second kappa shape index (κ2) is 38.2. The maximum absolute atomic E-state index is 4.18. The molecule has 0 spiro atoms. The van der Waals surface area contributed by atoms with E-state index < -0.39 is 0 Å². The summed E-state index contributed by atoms with van der Waals surface area (Å²) in [5.74, 6) is 0. The fraction of sp³-hybridized carbons (Fsp3) is 0.167. The van der Waals surface area contributed by atoms with Gasteiger partial charge in [0, 0.05) is 60.5 Å². The Morgan fingerprint density at radius 3 is 1.15 bits per heavy atom. The molecule has 0 aliphatic rings. The molecule has 0 aliphatic heterocycles. The molecule has 5 heteroatoms. The number of H-pyrrole nitrogens is 1. The van der Waals surface area contributed by atoms with Gasteiger partial charge in [0.15, 0.2) is 0 Å². The lowest BCUT2D eigenvalue weighted by molar-refractivity contribution is 1.31. The smallest absolute Gasteiger partial charge is 0.0701 e. The van der Waals surface area contributed by atoms with Gasteiger partial charge in [-0.25, -0.2) is 0 Å². The van der Waals surface area contributed by atoms with Gasteiger partial charge in [-0.1, -0.05) is 200 Å². The van der Waals surface area contributed by atoms with Crippen molar-refractivity contribution in [3.05, 3.63) is 255 Å². The Labute approximate surface area is 391 Å². The Morgan fingerprint density at radius 2 is 0.692 bits per heavy atom. The largest absolute Gasteiger partial charge is 0.361 e. The fourth-order valence-electron chi connectivity index (χ4n) is 5.32. The molecule has 0 bridgehead atoms. The van der Waals surface area contributed by atoms with Crippen molar-refractivity contribution in [3.8, 4) is 22.3 Å². The zero-order chi connectivity index (χ0) is 47.6. The summed E-state index contributed by atoms with van der Waals surface area (Å²) in [5, 5.41) is 2.47. The van der Waals surface area contributed by atoms with Crippen LogP contribution in [0, 0.1) is 13.8 Å². The summed E-state index contributed by atoms with van der Waals surface area (Å²) >= 11 is 0. The molecule has 0 atom stereocenters. The van der Waals surface area contributed by atoms with E-state index in [9.17, 15) is 0 Å². The number of nitrogens with one attached hydrogen (secondary N) is 1. The highest BCUT2D eigenvalue weighted by Crippen LogP contribution is 2.19. The van der Waals surface area contributed by atoms with Crippen LogP contribution in [0.15, 0.2) is 244 Å². The summed E-state index contributed by atoms with van der Waals surface area (Å²) in [7, 11) is 0. The topological polar surface area (TPSA) is 67.3 Å². The minimum atomic E-state index is 1.06. The number of pyridine rings is 4. The van der Waals surface area contributed by atoms with E-state index in [1.54, 1.807) is 37.2 Å². The third-order valence-corrected chi connectivity index (χ3v) is 8.33. The molecule has 0 fully saturated rings. The van der Waals surface area contributed by atoms with E-state index in [2.05, 4.69) is 130 Å². The highest BCUT2D eigenvalue weighted by Gasteiger charge is 1.95. The molecule has 5 nitrogen and oxygen atoms in total. The minimum absolute atomic E-state index is 1.06. The van der Waals surface area contributed by atoms with Crippen LogP contribution < -0.4 is 0 Å². The highest BCUT2D eigenvalue weighted by molar-refractivity contribution is 5.79. The molecule has 0 saturated carbocycles. The number of nitrogens with zero attached hydrogens (tertiary/aromatic N) is 4. The number of rotatable bonds is 2. The van der Waals surface area contributed by atoms with Crippen LogP contribution in [-0.4, -0.2) is 24.9 Å². The fourth-order valence-corrected chi connectivity index (χ4v) is 5.32. The first-order valence-corrected chi connectivity index (χ1v) is 22.8. The Kier molecular flexibility index (Phi) is 32.6. The van der Waals surface area contributed by atoms with Gasteiger partial charge in [-0.2, -0.15) is 0 Å². The summed E-state index contributed by atoms with van der Waals surface area (Å²) in [6, 6.07) is 65.3. The van der Waals surface area contributed by atoms with Crippen LogP contribution >= 0.6 is 0 Å². The number of aromatic nitrogens is 5. The summed E-state index contributed by atoms with van der Waals surface area (Å²) in [6.45, 7) is 20.2. The predicted molar refractivity (Wildman–Crippen MR) is 285 cm³/mol. The van der Waals surface area contributed by atoms with Crippen LogP contribution in [-0.2, 0) is 0 Å². The maximum atomic E-state index is 4.18. The molecule has 5 aromatic carbocycles. The van der Waals surface area contributed by atoms with E-state index in [0.29, 0.717) is 0 Å². The average molecular weight is 862 g/mol. The van der Waals surface area contributed by atoms with Crippen molar-refractivity contribution >= 4 is 21.8 Å². The zero-order valence-electron chi connectivity index (χ0n) is 40.4. The third-order valence-electron chi connectivity index (χ3n) is 8.33. The van der Waals surface area contributed by atoms with Gasteiger partial charge >= 0.3 is 0 Å². The van der Waals surface area contributed by atoms with Crippen LogP contribution in [0.1, 0.15) is 66.5 Å². The quantitative estimate of drug-likeness (QED) is 0.188. The molecule has 10 rings (SSSR count). The van der Waals surface area contributed by atoms with Crippen molar-refractivity contribution in [1.29, 1.82) is 0 Å². The molecule has 0 amide bonds. The number of benzene rings is 5. The Bertz CT molecular complexity index is 2350. The van der Waals surface area contributed by atoms with Gasteiger partial charge in [0.1, 0.15) is 0 Å². The van der Waals surface area contributed by atoms with Crippen molar-refractivity contribution in [2.75, 3.05) is 0 Å². The zero-order valence-corrected chi connectivity index (χ0v) is 40.4. The van der Waals surface area contributed by atoms with Gasteiger partial charge in [-0.3, -0.25) is 19.9 Å². The third kappa shape index (κ3) is 24.1. The van der Waals surface area contributed by atoms with E-state index in [-0.39, 0.29) is 0 Å². The van der Waals surface area contributed by atoms with Gasteiger partial charge < -0.3 is 4.98 Å². The van der Waals surface area contributed by atoms with Crippen molar-refractivity contribution in [2.45, 2.75) is 69.2 Å². The number of aryl methyl sites for hydroxylation is 2.